The molecule has 1 aromatic carbocycles. The van der Waals surface area contributed by atoms with Gasteiger partial charge in [-0.1, -0.05) is 0 Å². The highest BCUT2D eigenvalue weighted by molar-refractivity contribution is 7.98. The second-order valence-corrected chi connectivity index (χ2v) is 5.72. The zero-order valence-electron chi connectivity index (χ0n) is 10.9. The van der Waals surface area contributed by atoms with Crippen LogP contribution in [0.1, 0.15) is 18.0 Å². The highest BCUT2D eigenvalue weighted by Crippen LogP contribution is 2.38. The molecule has 106 valence electrons. The van der Waals surface area contributed by atoms with Gasteiger partial charge in [0.25, 0.3) is 0 Å². The number of halogens is 3. The van der Waals surface area contributed by atoms with Crippen molar-refractivity contribution in [3.05, 3.63) is 29.1 Å². The van der Waals surface area contributed by atoms with Gasteiger partial charge in [-0.2, -0.15) is 0 Å². The fraction of sp³-hybridized carbons (Fsp3) is 0.538. The first-order valence-corrected chi connectivity index (χ1v) is 7.33. The lowest BCUT2D eigenvalue weighted by Crippen LogP contribution is -2.21. The zero-order valence-corrected chi connectivity index (χ0v) is 11.7. The van der Waals surface area contributed by atoms with Gasteiger partial charge in [-0.3, -0.25) is 4.90 Å². The number of benzene rings is 1. The molecule has 0 saturated carbocycles. The summed E-state index contributed by atoms with van der Waals surface area (Å²) in [5.74, 6) is -2.50. The predicted octanol–water partition coefficient (Wildman–Crippen LogP) is 2.78. The molecule has 1 aliphatic rings. The predicted molar refractivity (Wildman–Crippen MR) is 70.6 cm³/mol. The van der Waals surface area contributed by atoms with Gasteiger partial charge >= 0.3 is 0 Å². The molecule has 1 saturated heterocycles. The summed E-state index contributed by atoms with van der Waals surface area (Å²) in [5, 5.41) is 0. The van der Waals surface area contributed by atoms with E-state index in [0.717, 1.165) is 17.8 Å². The van der Waals surface area contributed by atoms with E-state index < -0.39 is 17.5 Å². The average Bonchev–Trinajstić information content (AvgIpc) is 2.76. The van der Waals surface area contributed by atoms with Crippen molar-refractivity contribution in [2.75, 3.05) is 26.4 Å². The molecular weight excluding hydrogens is 273 g/mol. The summed E-state index contributed by atoms with van der Waals surface area (Å²) in [4.78, 5) is 1.63. The number of hydrogen-bond donors (Lipinski definition) is 1. The van der Waals surface area contributed by atoms with Crippen molar-refractivity contribution in [1.29, 1.82) is 0 Å². The van der Waals surface area contributed by atoms with Crippen LogP contribution in [0.2, 0.25) is 0 Å². The number of hydrogen-bond acceptors (Lipinski definition) is 3. The van der Waals surface area contributed by atoms with Gasteiger partial charge in [0, 0.05) is 18.2 Å². The van der Waals surface area contributed by atoms with Crippen molar-refractivity contribution >= 4 is 11.8 Å². The van der Waals surface area contributed by atoms with Crippen LogP contribution in [0.25, 0.3) is 0 Å². The maximum Gasteiger partial charge on any atom is 0.175 e. The smallest absolute Gasteiger partial charge is 0.175 e. The molecular formula is C13H17F3N2S. The highest BCUT2D eigenvalue weighted by atomic mass is 32.2. The Kier molecular flexibility index (Phi) is 4.43. The van der Waals surface area contributed by atoms with Crippen molar-refractivity contribution in [2.45, 2.75) is 17.4 Å². The first-order valence-electron chi connectivity index (χ1n) is 6.11. The maximum atomic E-state index is 14.1. The Morgan fingerprint density at radius 3 is 2.58 bits per heavy atom. The Labute approximate surface area is 115 Å². The summed E-state index contributed by atoms with van der Waals surface area (Å²) in [6.45, 7) is 1.21. The number of thioether (sulfide) groups is 1. The van der Waals surface area contributed by atoms with Crippen LogP contribution in [-0.4, -0.2) is 31.3 Å². The molecule has 1 aromatic rings. The second-order valence-electron chi connectivity index (χ2n) is 4.90. The molecule has 2 rings (SSSR count). The third-order valence-corrected chi connectivity index (χ3v) is 4.46. The fourth-order valence-corrected chi connectivity index (χ4v) is 3.19. The summed E-state index contributed by atoms with van der Waals surface area (Å²) in [7, 11) is 1.82. The highest BCUT2D eigenvalue weighted by Gasteiger charge is 2.33. The van der Waals surface area contributed by atoms with Crippen molar-refractivity contribution in [1.82, 2.24) is 4.90 Å². The molecule has 0 spiro atoms. The van der Waals surface area contributed by atoms with E-state index in [-0.39, 0.29) is 22.4 Å². The monoisotopic (exact) mass is 290 g/mol. The zero-order chi connectivity index (χ0) is 14.2. The van der Waals surface area contributed by atoms with Gasteiger partial charge in [-0.05, 0) is 38.3 Å². The van der Waals surface area contributed by atoms with Gasteiger partial charge in [-0.15, -0.1) is 11.8 Å². The lowest BCUT2D eigenvalue weighted by molar-refractivity contribution is 0.301. The van der Waals surface area contributed by atoms with Crippen molar-refractivity contribution in [3.63, 3.8) is 0 Å². The molecule has 0 radical (unpaired) electrons. The van der Waals surface area contributed by atoms with E-state index >= 15 is 0 Å². The molecule has 2 atom stereocenters. The molecule has 1 heterocycles. The van der Waals surface area contributed by atoms with Gasteiger partial charge in [-0.25, -0.2) is 13.2 Å². The lowest BCUT2D eigenvalue weighted by Gasteiger charge is -2.21. The van der Waals surface area contributed by atoms with E-state index in [1.807, 2.05) is 11.9 Å². The molecule has 1 aliphatic heterocycles. The minimum absolute atomic E-state index is 0.0891. The Hall–Kier alpha value is -0.720. The quantitative estimate of drug-likeness (QED) is 0.685. The standard InChI is InChI=1S/C13H17F3N2S/c1-18-6-7(5-17)3-10(18)8-4-9(14)13(19-2)12(16)11(8)15/h4,7,10H,3,5-6,17H2,1-2H3. The molecule has 2 nitrogen and oxygen atoms in total. The minimum atomic E-state index is -1.09. The number of rotatable bonds is 3. The van der Waals surface area contributed by atoms with Crippen LogP contribution >= 0.6 is 11.8 Å². The summed E-state index contributed by atoms with van der Waals surface area (Å²) in [5.41, 5.74) is 5.70. The lowest BCUT2D eigenvalue weighted by atomic mass is 9.99. The first-order chi connectivity index (χ1) is 8.99. The average molecular weight is 290 g/mol. The van der Waals surface area contributed by atoms with Gasteiger partial charge < -0.3 is 5.73 Å². The molecule has 1 fully saturated rings. The van der Waals surface area contributed by atoms with Crippen LogP contribution in [0.5, 0.6) is 0 Å². The summed E-state index contributed by atoms with van der Waals surface area (Å²) in [6.07, 6.45) is 2.15. The maximum absolute atomic E-state index is 14.1. The van der Waals surface area contributed by atoms with E-state index in [1.165, 1.54) is 6.26 Å². The van der Waals surface area contributed by atoms with Gasteiger partial charge in [0.1, 0.15) is 5.82 Å². The summed E-state index contributed by atoms with van der Waals surface area (Å²) in [6, 6.07) is 0.804. The van der Waals surface area contributed by atoms with Crippen LogP contribution in [0.15, 0.2) is 11.0 Å². The van der Waals surface area contributed by atoms with Gasteiger partial charge in [0.2, 0.25) is 0 Å². The van der Waals surface area contributed by atoms with Crippen molar-refractivity contribution < 1.29 is 13.2 Å². The molecule has 0 aliphatic carbocycles. The van der Waals surface area contributed by atoms with Gasteiger partial charge in [0.15, 0.2) is 11.6 Å². The number of likely N-dealkylation sites (tertiary alicyclic amines) is 1. The molecule has 2 unspecified atom stereocenters. The van der Waals surface area contributed by atoms with Crippen molar-refractivity contribution in [3.8, 4) is 0 Å². The molecule has 0 amide bonds. The van der Waals surface area contributed by atoms with Crippen LogP contribution < -0.4 is 5.73 Å². The Balaban J connectivity index is 2.41. The minimum Gasteiger partial charge on any atom is -0.330 e. The normalized spacial score (nSPS) is 24.1. The van der Waals surface area contributed by atoms with E-state index in [1.54, 1.807) is 0 Å². The number of nitrogens with two attached hydrogens (primary N) is 1. The van der Waals surface area contributed by atoms with E-state index in [2.05, 4.69) is 0 Å². The third-order valence-electron chi connectivity index (χ3n) is 3.68. The molecule has 0 aromatic heterocycles. The SMILES string of the molecule is CSc1c(F)cc(C2CC(CN)CN2C)c(F)c1F. The third kappa shape index (κ3) is 2.61. The van der Waals surface area contributed by atoms with Crippen LogP contribution in [-0.2, 0) is 0 Å². The Morgan fingerprint density at radius 2 is 2.05 bits per heavy atom. The fourth-order valence-electron chi connectivity index (χ4n) is 2.67. The second kappa shape index (κ2) is 5.73. The molecule has 6 heteroatoms. The van der Waals surface area contributed by atoms with Crippen molar-refractivity contribution in [2.24, 2.45) is 11.7 Å². The van der Waals surface area contributed by atoms with Gasteiger partial charge in [0.05, 0.1) is 4.90 Å². The van der Waals surface area contributed by atoms with Crippen LogP contribution in [0, 0.1) is 23.4 Å². The van der Waals surface area contributed by atoms with E-state index in [4.69, 9.17) is 5.73 Å². The summed E-state index contributed by atoms with van der Waals surface area (Å²) >= 11 is 0.870. The van der Waals surface area contributed by atoms with E-state index in [0.29, 0.717) is 19.5 Å². The first kappa shape index (κ1) is 14.7. The Bertz CT molecular complexity index is 481. The van der Waals surface area contributed by atoms with E-state index in [9.17, 15) is 13.2 Å². The molecule has 0 bridgehead atoms. The van der Waals surface area contributed by atoms with Crippen LogP contribution in [0.3, 0.4) is 0 Å². The summed E-state index contributed by atoms with van der Waals surface area (Å²) < 4.78 is 41.7. The molecule has 19 heavy (non-hydrogen) atoms. The van der Waals surface area contributed by atoms with Crippen LogP contribution in [0.4, 0.5) is 13.2 Å². The largest absolute Gasteiger partial charge is 0.330 e. The Morgan fingerprint density at radius 1 is 1.37 bits per heavy atom. The molecule has 2 N–H and O–H groups in total. The number of nitrogens with zero attached hydrogens (tertiary/aromatic N) is 1. The topological polar surface area (TPSA) is 29.3 Å².